The maximum atomic E-state index is 11.3. The van der Waals surface area contributed by atoms with Crippen LogP contribution >= 0.6 is 0 Å². The van der Waals surface area contributed by atoms with Gasteiger partial charge in [0.15, 0.2) is 9.84 Å². The molecule has 0 amide bonds. The fourth-order valence-corrected chi connectivity index (χ4v) is 2.70. The maximum Gasteiger partial charge on any atom is 0.151 e. The average Bonchev–Trinajstić information content (AvgIpc) is 2.82. The topological polar surface area (TPSA) is 55.4 Å². The van der Waals surface area contributed by atoms with Crippen LogP contribution in [0, 0.1) is 0 Å². The molecule has 0 radical (unpaired) electrons. The molecule has 0 fully saturated rings. The van der Waals surface area contributed by atoms with E-state index in [1.807, 2.05) is 12.1 Å². The Bertz CT molecular complexity index is 511. The molecule has 1 aromatic carbocycles. The minimum Gasteiger partial charge on any atom is -0.493 e. The lowest BCUT2D eigenvalue weighted by Gasteiger charge is -2.06. The number of nitrogens with one attached hydrogen (secondary N) is 1. The maximum absolute atomic E-state index is 11.3. The second kappa shape index (κ2) is 5.71. The minimum atomic E-state index is -2.87. The molecule has 1 aromatic rings. The van der Waals surface area contributed by atoms with E-state index in [4.69, 9.17) is 4.74 Å². The van der Waals surface area contributed by atoms with E-state index in [1.165, 1.54) is 11.1 Å². The van der Waals surface area contributed by atoms with Crippen LogP contribution in [0.4, 0.5) is 0 Å². The van der Waals surface area contributed by atoms with Crippen LogP contribution in [0.25, 0.3) is 0 Å². The van der Waals surface area contributed by atoms with E-state index in [9.17, 15) is 8.42 Å². The van der Waals surface area contributed by atoms with E-state index in [-0.39, 0.29) is 11.5 Å². The van der Waals surface area contributed by atoms with Gasteiger partial charge in [-0.1, -0.05) is 19.1 Å². The molecule has 0 saturated carbocycles. The molecule has 0 spiro atoms. The molecule has 0 aromatic heterocycles. The van der Waals surface area contributed by atoms with E-state index >= 15 is 0 Å². The van der Waals surface area contributed by atoms with Gasteiger partial charge in [0, 0.05) is 25.3 Å². The van der Waals surface area contributed by atoms with Crippen LogP contribution < -0.4 is 10.1 Å². The van der Waals surface area contributed by atoms with Gasteiger partial charge in [-0.05, 0) is 17.2 Å². The van der Waals surface area contributed by atoms with E-state index in [0.717, 1.165) is 18.8 Å². The van der Waals surface area contributed by atoms with Gasteiger partial charge in [-0.25, -0.2) is 8.42 Å². The highest BCUT2D eigenvalue weighted by Gasteiger charge is 2.12. The Morgan fingerprint density at radius 3 is 3.00 bits per heavy atom. The minimum absolute atomic E-state index is 0.206. The Balaban J connectivity index is 1.81. The number of ether oxygens (including phenoxy) is 1. The van der Waals surface area contributed by atoms with Crippen molar-refractivity contribution in [3.05, 3.63) is 29.3 Å². The molecule has 4 nitrogen and oxygen atoms in total. The van der Waals surface area contributed by atoms with Gasteiger partial charge in [0.1, 0.15) is 5.75 Å². The third-order valence-corrected chi connectivity index (χ3v) is 4.82. The number of fused-ring (bicyclic) bond motifs is 1. The molecule has 1 N–H and O–H groups in total. The molecular formula is C13H19NO3S. The lowest BCUT2D eigenvalue weighted by atomic mass is 10.1. The van der Waals surface area contributed by atoms with Gasteiger partial charge in [0.05, 0.1) is 12.4 Å². The molecule has 0 atom stereocenters. The molecule has 100 valence electrons. The standard InChI is InChI=1S/C13H19NO3S/c1-2-18(15,16)8-6-14-10-11-3-4-13-12(9-11)5-7-17-13/h3-4,9,14H,2,5-8,10H2,1H3. The first kappa shape index (κ1) is 13.4. The van der Waals surface area contributed by atoms with Crippen molar-refractivity contribution in [1.29, 1.82) is 0 Å². The predicted molar refractivity (Wildman–Crippen MR) is 71.7 cm³/mol. The van der Waals surface area contributed by atoms with Gasteiger partial charge in [-0.15, -0.1) is 0 Å². The largest absolute Gasteiger partial charge is 0.493 e. The summed E-state index contributed by atoms with van der Waals surface area (Å²) in [4.78, 5) is 0. The van der Waals surface area contributed by atoms with Crippen LogP contribution in [0.2, 0.25) is 0 Å². The molecule has 1 heterocycles. The molecule has 1 aliphatic heterocycles. The van der Waals surface area contributed by atoms with Crippen LogP contribution in [0.1, 0.15) is 18.1 Å². The van der Waals surface area contributed by atoms with E-state index in [1.54, 1.807) is 6.92 Å². The summed E-state index contributed by atoms with van der Waals surface area (Å²) in [6.07, 6.45) is 0.966. The van der Waals surface area contributed by atoms with Crippen molar-refractivity contribution in [2.45, 2.75) is 19.9 Å². The molecule has 0 bridgehead atoms. The molecule has 0 aliphatic carbocycles. The number of rotatable bonds is 6. The van der Waals surface area contributed by atoms with Crippen molar-refractivity contribution in [1.82, 2.24) is 5.32 Å². The van der Waals surface area contributed by atoms with Crippen molar-refractivity contribution in [2.24, 2.45) is 0 Å². The molecule has 0 unspecified atom stereocenters. The highest BCUT2D eigenvalue weighted by molar-refractivity contribution is 7.91. The van der Waals surface area contributed by atoms with Crippen LogP contribution in [-0.2, 0) is 22.8 Å². The first-order valence-electron chi connectivity index (χ1n) is 6.26. The van der Waals surface area contributed by atoms with Crippen molar-refractivity contribution in [2.75, 3.05) is 24.7 Å². The molecular weight excluding hydrogens is 250 g/mol. The van der Waals surface area contributed by atoms with Gasteiger partial charge >= 0.3 is 0 Å². The van der Waals surface area contributed by atoms with Crippen LogP contribution in [0.3, 0.4) is 0 Å². The Hall–Kier alpha value is -1.07. The third-order valence-electron chi connectivity index (χ3n) is 3.11. The van der Waals surface area contributed by atoms with Crippen LogP contribution in [0.15, 0.2) is 18.2 Å². The molecule has 18 heavy (non-hydrogen) atoms. The Morgan fingerprint density at radius 2 is 2.22 bits per heavy atom. The Kier molecular flexibility index (Phi) is 4.24. The van der Waals surface area contributed by atoms with Crippen molar-refractivity contribution < 1.29 is 13.2 Å². The monoisotopic (exact) mass is 269 g/mol. The fourth-order valence-electron chi connectivity index (χ4n) is 1.95. The highest BCUT2D eigenvalue weighted by atomic mass is 32.2. The molecule has 2 rings (SSSR count). The summed E-state index contributed by atoms with van der Waals surface area (Å²) in [6.45, 7) is 3.65. The average molecular weight is 269 g/mol. The fraction of sp³-hybridized carbons (Fsp3) is 0.538. The highest BCUT2D eigenvalue weighted by Crippen LogP contribution is 2.25. The summed E-state index contributed by atoms with van der Waals surface area (Å²) >= 11 is 0. The lowest BCUT2D eigenvalue weighted by Crippen LogP contribution is -2.23. The summed E-state index contributed by atoms with van der Waals surface area (Å²) in [5.41, 5.74) is 2.42. The van der Waals surface area contributed by atoms with Crippen molar-refractivity contribution in [3.8, 4) is 5.75 Å². The van der Waals surface area contributed by atoms with E-state index in [0.29, 0.717) is 13.1 Å². The summed E-state index contributed by atoms with van der Waals surface area (Å²) in [5, 5.41) is 3.16. The zero-order valence-electron chi connectivity index (χ0n) is 10.6. The van der Waals surface area contributed by atoms with Crippen LogP contribution in [-0.4, -0.2) is 33.1 Å². The smallest absolute Gasteiger partial charge is 0.151 e. The van der Waals surface area contributed by atoms with E-state index < -0.39 is 9.84 Å². The Labute approximate surface area is 108 Å². The summed E-state index contributed by atoms with van der Waals surface area (Å²) in [5.74, 6) is 1.40. The molecule has 0 saturated heterocycles. The molecule has 1 aliphatic rings. The SMILES string of the molecule is CCS(=O)(=O)CCNCc1ccc2c(c1)CCO2. The zero-order valence-corrected chi connectivity index (χ0v) is 11.4. The van der Waals surface area contributed by atoms with Gasteiger partial charge in [-0.2, -0.15) is 0 Å². The first-order chi connectivity index (χ1) is 8.61. The summed E-state index contributed by atoms with van der Waals surface area (Å²) < 4.78 is 28.1. The lowest BCUT2D eigenvalue weighted by molar-refractivity contribution is 0.357. The van der Waals surface area contributed by atoms with Gasteiger partial charge < -0.3 is 10.1 Å². The van der Waals surface area contributed by atoms with Crippen molar-refractivity contribution >= 4 is 9.84 Å². The number of benzene rings is 1. The van der Waals surface area contributed by atoms with Gasteiger partial charge in [-0.3, -0.25) is 0 Å². The predicted octanol–water partition coefficient (Wildman–Crippen LogP) is 1.15. The van der Waals surface area contributed by atoms with E-state index in [2.05, 4.69) is 11.4 Å². The van der Waals surface area contributed by atoms with Crippen LogP contribution in [0.5, 0.6) is 5.75 Å². The number of hydrogen-bond acceptors (Lipinski definition) is 4. The van der Waals surface area contributed by atoms with Gasteiger partial charge in [0.25, 0.3) is 0 Å². The normalized spacial score (nSPS) is 14.3. The third kappa shape index (κ3) is 3.46. The number of hydrogen-bond donors (Lipinski definition) is 1. The number of sulfone groups is 1. The van der Waals surface area contributed by atoms with Gasteiger partial charge in [0.2, 0.25) is 0 Å². The second-order valence-corrected chi connectivity index (χ2v) is 6.93. The first-order valence-corrected chi connectivity index (χ1v) is 8.08. The quantitative estimate of drug-likeness (QED) is 0.787. The summed E-state index contributed by atoms with van der Waals surface area (Å²) in [6, 6.07) is 6.14. The Morgan fingerprint density at radius 1 is 1.39 bits per heavy atom. The second-order valence-electron chi connectivity index (χ2n) is 4.45. The molecule has 5 heteroatoms. The summed E-state index contributed by atoms with van der Waals surface area (Å²) in [7, 11) is -2.87. The van der Waals surface area contributed by atoms with Crippen molar-refractivity contribution in [3.63, 3.8) is 0 Å². The zero-order chi connectivity index (χ0) is 13.0.